The van der Waals surface area contributed by atoms with E-state index in [0.717, 1.165) is 12.0 Å². The van der Waals surface area contributed by atoms with E-state index in [1.807, 2.05) is 0 Å². The van der Waals surface area contributed by atoms with Crippen molar-refractivity contribution >= 4 is 11.3 Å². The summed E-state index contributed by atoms with van der Waals surface area (Å²) in [7, 11) is 0. The highest BCUT2D eigenvalue weighted by Gasteiger charge is 2.20. The van der Waals surface area contributed by atoms with Crippen LogP contribution in [-0.4, -0.2) is 11.7 Å². The Morgan fingerprint density at radius 2 is 2.14 bits per heavy atom. The standard InChI is InChI=1S/C11H19NOS/c1-4-9(6-12)11(13)10-5-7(2)14-8(10)3/h5,9,11,13H,4,6,12H2,1-3H3. The molecule has 2 nitrogen and oxygen atoms in total. The molecule has 1 rings (SSSR count). The van der Waals surface area contributed by atoms with Crippen molar-refractivity contribution in [3.63, 3.8) is 0 Å². The molecule has 0 radical (unpaired) electrons. The monoisotopic (exact) mass is 213 g/mol. The molecule has 2 unspecified atom stereocenters. The fraction of sp³-hybridized carbons (Fsp3) is 0.636. The smallest absolute Gasteiger partial charge is 0.0840 e. The Balaban J connectivity index is 2.87. The third-order valence-electron chi connectivity index (χ3n) is 2.67. The van der Waals surface area contributed by atoms with Crippen molar-refractivity contribution in [3.8, 4) is 0 Å². The summed E-state index contributed by atoms with van der Waals surface area (Å²) in [4.78, 5) is 2.46. The summed E-state index contributed by atoms with van der Waals surface area (Å²) in [5.41, 5.74) is 6.68. The molecule has 1 heterocycles. The van der Waals surface area contributed by atoms with Crippen LogP contribution in [0.25, 0.3) is 0 Å². The Labute approximate surface area is 89.8 Å². The summed E-state index contributed by atoms with van der Waals surface area (Å²) >= 11 is 1.74. The van der Waals surface area contributed by atoms with Gasteiger partial charge in [0.15, 0.2) is 0 Å². The number of hydrogen-bond donors (Lipinski definition) is 2. The van der Waals surface area contributed by atoms with Crippen molar-refractivity contribution in [2.45, 2.75) is 33.3 Å². The van der Waals surface area contributed by atoms with E-state index in [1.54, 1.807) is 11.3 Å². The van der Waals surface area contributed by atoms with Gasteiger partial charge in [0.1, 0.15) is 0 Å². The summed E-state index contributed by atoms with van der Waals surface area (Å²) in [5, 5.41) is 10.1. The zero-order chi connectivity index (χ0) is 10.7. The first-order valence-electron chi connectivity index (χ1n) is 5.05. The Kier molecular flexibility index (Phi) is 4.11. The van der Waals surface area contributed by atoms with Crippen LogP contribution in [0.4, 0.5) is 0 Å². The second-order valence-corrected chi connectivity index (χ2v) is 5.18. The molecule has 0 aliphatic heterocycles. The third kappa shape index (κ3) is 2.35. The third-order valence-corrected chi connectivity index (χ3v) is 3.65. The van der Waals surface area contributed by atoms with Gasteiger partial charge in [-0.2, -0.15) is 0 Å². The van der Waals surface area contributed by atoms with Gasteiger partial charge in [0.25, 0.3) is 0 Å². The number of thiophene rings is 1. The van der Waals surface area contributed by atoms with Gasteiger partial charge in [-0.25, -0.2) is 0 Å². The van der Waals surface area contributed by atoms with E-state index in [1.165, 1.54) is 9.75 Å². The molecule has 3 N–H and O–H groups in total. The number of aliphatic hydroxyl groups excluding tert-OH is 1. The molecule has 80 valence electrons. The van der Waals surface area contributed by atoms with Crippen LogP contribution in [0.3, 0.4) is 0 Å². The second kappa shape index (κ2) is 4.91. The molecule has 0 fully saturated rings. The van der Waals surface area contributed by atoms with Crippen molar-refractivity contribution in [1.29, 1.82) is 0 Å². The SMILES string of the molecule is CCC(CN)C(O)c1cc(C)sc1C. The fourth-order valence-electron chi connectivity index (χ4n) is 1.72. The predicted molar refractivity (Wildman–Crippen MR) is 61.6 cm³/mol. The van der Waals surface area contributed by atoms with Gasteiger partial charge in [-0.05, 0) is 38.4 Å². The summed E-state index contributed by atoms with van der Waals surface area (Å²) in [6.07, 6.45) is 0.529. The van der Waals surface area contributed by atoms with Crippen molar-refractivity contribution < 1.29 is 5.11 Å². The number of rotatable bonds is 4. The van der Waals surface area contributed by atoms with Gasteiger partial charge >= 0.3 is 0 Å². The Bertz CT molecular complexity index is 291. The lowest BCUT2D eigenvalue weighted by atomic mass is 9.94. The van der Waals surface area contributed by atoms with Gasteiger partial charge in [-0.1, -0.05) is 6.92 Å². The van der Waals surface area contributed by atoms with Gasteiger partial charge in [0.05, 0.1) is 6.10 Å². The number of aliphatic hydroxyl groups is 1. The Morgan fingerprint density at radius 3 is 2.50 bits per heavy atom. The molecular weight excluding hydrogens is 194 g/mol. The van der Waals surface area contributed by atoms with E-state index < -0.39 is 6.10 Å². The van der Waals surface area contributed by atoms with E-state index in [0.29, 0.717) is 6.54 Å². The highest BCUT2D eigenvalue weighted by molar-refractivity contribution is 7.12. The van der Waals surface area contributed by atoms with Gasteiger partial charge in [-0.3, -0.25) is 0 Å². The van der Waals surface area contributed by atoms with Gasteiger partial charge < -0.3 is 10.8 Å². The van der Waals surface area contributed by atoms with Crippen LogP contribution in [-0.2, 0) is 0 Å². The predicted octanol–water partition coefficient (Wildman–Crippen LogP) is 2.38. The minimum Gasteiger partial charge on any atom is -0.388 e. The summed E-state index contributed by atoms with van der Waals surface area (Å²) in [5.74, 6) is 0.183. The lowest BCUT2D eigenvalue weighted by Gasteiger charge is -2.19. The van der Waals surface area contributed by atoms with Crippen LogP contribution < -0.4 is 5.73 Å². The molecule has 0 aliphatic carbocycles. The molecule has 2 atom stereocenters. The summed E-state index contributed by atoms with van der Waals surface area (Å²) in [6, 6.07) is 2.07. The zero-order valence-corrected chi connectivity index (χ0v) is 9.90. The number of aryl methyl sites for hydroxylation is 2. The number of nitrogens with two attached hydrogens (primary N) is 1. The molecule has 0 saturated heterocycles. The lowest BCUT2D eigenvalue weighted by Crippen LogP contribution is -2.21. The summed E-state index contributed by atoms with van der Waals surface area (Å²) < 4.78 is 0. The van der Waals surface area contributed by atoms with E-state index in [-0.39, 0.29) is 5.92 Å². The van der Waals surface area contributed by atoms with Crippen LogP contribution in [0.15, 0.2) is 6.07 Å². The van der Waals surface area contributed by atoms with Gasteiger partial charge in [0.2, 0.25) is 0 Å². The molecule has 14 heavy (non-hydrogen) atoms. The minimum absolute atomic E-state index is 0.183. The first kappa shape index (κ1) is 11.7. The highest BCUT2D eigenvalue weighted by Crippen LogP contribution is 2.31. The minimum atomic E-state index is -0.394. The molecule has 1 aromatic rings. The first-order chi connectivity index (χ1) is 6.60. The molecule has 0 amide bonds. The second-order valence-electron chi connectivity index (χ2n) is 3.72. The van der Waals surface area contributed by atoms with Gasteiger partial charge in [-0.15, -0.1) is 11.3 Å². The molecule has 0 aliphatic rings. The molecule has 0 saturated carbocycles. The Morgan fingerprint density at radius 1 is 1.50 bits per heavy atom. The highest BCUT2D eigenvalue weighted by atomic mass is 32.1. The fourth-order valence-corrected chi connectivity index (χ4v) is 2.68. The average Bonchev–Trinajstić information content (AvgIpc) is 2.47. The Hall–Kier alpha value is -0.380. The van der Waals surface area contributed by atoms with Crippen molar-refractivity contribution in [2.75, 3.05) is 6.54 Å². The first-order valence-corrected chi connectivity index (χ1v) is 5.86. The molecule has 0 spiro atoms. The van der Waals surface area contributed by atoms with E-state index in [9.17, 15) is 5.11 Å². The lowest BCUT2D eigenvalue weighted by molar-refractivity contribution is 0.110. The molecule has 1 aromatic heterocycles. The summed E-state index contributed by atoms with van der Waals surface area (Å²) in [6.45, 7) is 6.73. The largest absolute Gasteiger partial charge is 0.388 e. The van der Waals surface area contributed by atoms with Gasteiger partial charge in [0, 0.05) is 15.7 Å². The van der Waals surface area contributed by atoms with Crippen molar-refractivity contribution in [3.05, 3.63) is 21.4 Å². The molecule has 0 aromatic carbocycles. The maximum absolute atomic E-state index is 10.1. The van der Waals surface area contributed by atoms with Crippen LogP contribution in [0.2, 0.25) is 0 Å². The quantitative estimate of drug-likeness (QED) is 0.806. The van der Waals surface area contributed by atoms with Crippen LogP contribution in [0, 0.1) is 19.8 Å². The topological polar surface area (TPSA) is 46.2 Å². The van der Waals surface area contributed by atoms with Crippen molar-refractivity contribution in [2.24, 2.45) is 11.7 Å². The maximum atomic E-state index is 10.1. The van der Waals surface area contributed by atoms with Crippen LogP contribution >= 0.6 is 11.3 Å². The van der Waals surface area contributed by atoms with Crippen LogP contribution in [0.5, 0.6) is 0 Å². The molecule has 3 heteroatoms. The van der Waals surface area contributed by atoms with Crippen molar-refractivity contribution in [1.82, 2.24) is 0 Å². The average molecular weight is 213 g/mol. The normalized spacial score (nSPS) is 15.5. The van der Waals surface area contributed by atoms with E-state index in [2.05, 4.69) is 26.8 Å². The maximum Gasteiger partial charge on any atom is 0.0840 e. The molecular formula is C11H19NOS. The van der Waals surface area contributed by atoms with E-state index >= 15 is 0 Å². The van der Waals surface area contributed by atoms with Crippen LogP contribution in [0.1, 0.15) is 34.8 Å². The zero-order valence-electron chi connectivity index (χ0n) is 9.08. The molecule has 0 bridgehead atoms. The van der Waals surface area contributed by atoms with E-state index in [4.69, 9.17) is 5.73 Å². The number of hydrogen-bond acceptors (Lipinski definition) is 3.